The van der Waals surface area contributed by atoms with Gasteiger partial charge in [0.1, 0.15) is 10.6 Å². The summed E-state index contributed by atoms with van der Waals surface area (Å²) in [5, 5.41) is 2.41. The summed E-state index contributed by atoms with van der Waals surface area (Å²) in [5.74, 6) is -0.597. The molecule has 0 N–H and O–H groups in total. The summed E-state index contributed by atoms with van der Waals surface area (Å²) in [6.07, 6.45) is 1.46. The van der Waals surface area contributed by atoms with Crippen molar-refractivity contribution in [1.82, 2.24) is 9.55 Å². The lowest BCUT2D eigenvalue weighted by atomic mass is 10.2. The van der Waals surface area contributed by atoms with Gasteiger partial charge >= 0.3 is 0 Å². The molecule has 0 saturated carbocycles. The van der Waals surface area contributed by atoms with E-state index in [4.69, 9.17) is 0 Å². The van der Waals surface area contributed by atoms with E-state index in [0.29, 0.717) is 32.9 Å². The van der Waals surface area contributed by atoms with Gasteiger partial charge in [-0.05, 0) is 48.2 Å². The van der Waals surface area contributed by atoms with Gasteiger partial charge in [0.15, 0.2) is 0 Å². The molecule has 0 unspecified atom stereocenters. The van der Waals surface area contributed by atoms with Crippen molar-refractivity contribution in [2.75, 3.05) is 4.90 Å². The fourth-order valence-electron chi connectivity index (χ4n) is 3.00. The molecule has 5 nitrogen and oxygen atoms in total. The van der Waals surface area contributed by atoms with Crippen LogP contribution in [-0.2, 0) is 13.6 Å². The van der Waals surface area contributed by atoms with Crippen molar-refractivity contribution >= 4 is 44.5 Å². The highest BCUT2D eigenvalue weighted by molar-refractivity contribution is 7.20. The molecular weight excluding hydrogens is 397 g/mol. The van der Waals surface area contributed by atoms with E-state index in [2.05, 4.69) is 4.98 Å². The smallest absolute Gasteiger partial charge is 0.269 e. The standard InChI is InChI=1S/C20H16FN3O2S2/c1-12-16-18(22-11-23(2)19(16)25)28-17(12)20(26)24(10-15-4-3-9-27-15)14-7-5-13(21)6-8-14/h3-9,11H,10H2,1-2H3. The molecule has 1 amide bonds. The topological polar surface area (TPSA) is 55.2 Å². The Morgan fingerprint density at radius 3 is 2.68 bits per heavy atom. The molecule has 4 aromatic rings. The van der Waals surface area contributed by atoms with Gasteiger partial charge in [-0.3, -0.25) is 9.59 Å². The molecule has 4 rings (SSSR count). The third-order valence-electron chi connectivity index (χ3n) is 4.48. The summed E-state index contributed by atoms with van der Waals surface area (Å²) >= 11 is 2.75. The van der Waals surface area contributed by atoms with Crippen LogP contribution < -0.4 is 10.5 Å². The van der Waals surface area contributed by atoms with Gasteiger partial charge in [-0.15, -0.1) is 22.7 Å². The first-order chi connectivity index (χ1) is 13.5. The maximum atomic E-state index is 13.5. The Morgan fingerprint density at radius 1 is 1.25 bits per heavy atom. The molecule has 0 aliphatic heterocycles. The van der Waals surface area contributed by atoms with Gasteiger partial charge in [0.2, 0.25) is 0 Å². The van der Waals surface area contributed by atoms with E-state index in [-0.39, 0.29) is 17.3 Å². The normalized spacial score (nSPS) is 11.1. The molecule has 0 aliphatic carbocycles. The van der Waals surface area contributed by atoms with Crippen molar-refractivity contribution in [2.24, 2.45) is 7.05 Å². The number of hydrogen-bond donors (Lipinski definition) is 0. The average molecular weight is 413 g/mol. The Hall–Kier alpha value is -2.84. The number of fused-ring (bicyclic) bond motifs is 1. The minimum atomic E-state index is -0.363. The maximum absolute atomic E-state index is 13.5. The monoisotopic (exact) mass is 413 g/mol. The summed E-state index contributed by atoms with van der Waals surface area (Å²) in [6, 6.07) is 9.70. The molecule has 0 aliphatic rings. The Balaban J connectivity index is 1.82. The van der Waals surface area contributed by atoms with E-state index in [0.717, 1.165) is 4.88 Å². The van der Waals surface area contributed by atoms with Gasteiger partial charge in [-0.1, -0.05) is 6.07 Å². The number of rotatable bonds is 4. The van der Waals surface area contributed by atoms with Crippen LogP contribution in [0.1, 0.15) is 20.1 Å². The Morgan fingerprint density at radius 2 is 2.00 bits per heavy atom. The molecule has 142 valence electrons. The fraction of sp³-hybridized carbons (Fsp3) is 0.150. The van der Waals surface area contributed by atoms with E-state index in [9.17, 15) is 14.0 Å². The number of nitrogens with zero attached hydrogens (tertiary/aromatic N) is 3. The largest absolute Gasteiger partial charge is 0.302 e. The van der Waals surface area contributed by atoms with E-state index in [1.54, 1.807) is 42.3 Å². The van der Waals surface area contributed by atoms with Gasteiger partial charge in [0.05, 0.1) is 23.1 Å². The van der Waals surface area contributed by atoms with Crippen LogP contribution in [0.4, 0.5) is 10.1 Å². The molecule has 3 heterocycles. The first kappa shape index (κ1) is 18.5. The summed E-state index contributed by atoms with van der Waals surface area (Å²) in [7, 11) is 1.63. The van der Waals surface area contributed by atoms with Gasteiger partial charge < -0.3 is 9.47 Å². The zero-order chi connectivity index (χ0) is 19.8. The first-order valence-electron chi connectivity index (χ1n) is 8.50. The van der Waals surface area contributed by atoms with Crippen molar-refractivity contribution in [3.63, 3.8) is 0 Å². The van der Waals surface area contributed by atoms with Crippen LogP contribution in [0.25, 0.3) is 10.2 Å². The molecule has 0 spiro atoms. The summed E-state index contributed by atoms with van der Waals surface area (Å²) in [5.41, 5.74) is 1.04. The zero-order valence-corrected chi connectivity index (χ0v) is 16.8. The van der Waals surface area contributed by atoms with Crippen molar-refractivity contribution < 1.29 is 9.18 Å². The van der Waals surface area contributed by atoms with Gasteiger partial charge in [0, 0.05) is 17.6 Å². The molecule has 0 radical (unpaired) electrons. The van der Waals surface area contributed by atoms with E-state index in [1.165, 1.54) is 34.4 Å². The quantitative estimate of drug-likeness (QED) is 0.500. The van der Waals surface area contributed by atoms with Gasteiger partial charge in [-0.25, -0.2) is 9.37 Å². The van der Waals surface area contributed by atoms with Crippen LogP contribution in [0, 0.1) is 12.7 Å². The predicted octanol–water partition coefficient (Wildman–Crippen LogP) is 4.35. The molecule has 8 heteroatoms. The minimum absolute atomic E-state index is 0.176. The lowest BCUT2D eigenvalue weighted by Gasteiger charge is -2.22. The number of halogens is 1. The third kappa shape index (κ3) is 3.25. The van der Waals surface area contributed by atoms with Crippen LogP contribution in [-0.4, -0.2) is 15.5 Å². The van der Waals surface area contributed by atoms with Crippen LogP contribution >= 0.6 is 22.7 Å². The number of thiophene rings is 2. The highest BCUT2D eigenvalue weighted by Crippen LogP contribution is 2.30. The molecule has 0 bridgehead atoms. The number of hydrogen-bond acceptors (Lipinski definition) is 5. The van der Waals surface area contributed by atoms with Gasteiger partial charge in [-0.2, -0.15) is 0 Å². The van der Waals surface area contributed by atoms with Crippen LogP contribution in [0.5, 0.6) is 0 Å². The average Bonchev–Trinajstić information content (AvgIpc) is 3.31. The Labute approximate surface area is 168 Å². The SMILES string of the molecule is Cc1c(C(=O)N(Cc2cccs2)c2ccc(F)cc2)sc2ncn(C)c(=O)c12. The van der Waals surface area contributed by atoms with E-state index >= 15 is 0 Å². The summed E-state index contributed by atoms with van der Waals surface area (Å²) < 4.78 is 14.8. The second kappa shape index (κ2) is 7.29. The number of carbonyl (C=O) groups excluding carboxylic acids is 1. The number of benzene rings is 1. The van der Waals surface area contributed by atoms with Crippen molar-refractivity contribution in [3.05, 3.63) is 79.6 Å². The molecule has 0 atom stereocenters. The number of carbonyl (C=O) groups is 1. The number of anilines is 1. The number of aromatic nitrogens is 2. The van der Waals surface area contributed by atoms with Crippen molar-refractivity contribution in [3.8, 4) is 0 Å². The number of aryl methyl sites for hydroxylation is 2. The van der Waals surface area contributed by atoms with E-state index < -0.39 is 0 Å². The lowest BCUT2D eigenvalue weighted by molar-refractivity contribution is 0.0989. The third-order valence-corrected chi connectivity index (χ3v) is 6.53. The van der Waals surface area contributed by atoms with E-state index in [1.807, 2.05) is 17.5 Å². The summed E-state index contributed by atoms with van der Waals surface area (Å²) in [4.78, 5) is 33.8. The first-order valence-corrected chi connectivity index (χ1v) is 10.2. The highest BCUT2D eigenvalue weighted by Gasteiger charge is 2.25. The predicted molar refractivity (Wildman–Crippen MR) is 111 cm³/mol. The highest BCUT2D eigenvalue weighted by atomic mass is 32.1. The van der Waals surface area contributed by atoms with Crippen LogP contribution in [0.2, 0.25) is 0 Å². The maximum Gasteiger partial charge on any atom is 0.269 e. The molecule has 28 heavy (non-hydrogen) atoms. The fourth-order valence-corrected chi connectivity index (χ4v) is 4.78. The van der Waals surface area contributed by atoms with Crippen LogP contribution in [0.3, 0.4) is 0 Å². The second-order valence-electron chi connectivity index (χ2n) is 6.34. The van der Waals surface area contributed by atoms with Gasteiger partial charge in [0.25, 0.3) is 11.5 Å². The molecule has 1 aromatic carbocycles. The number of amides is 1. The molecular formula is C20H16FN3O2S2. The van der Waals surface area contributed by atoms with Crippen LogP contribution in [0.15, 0.2) is 52.9 Å². The van der Waals surface area contributed by atoms with Crippen molar-refractivity contribution in [2.45, 2.75) is 13.5 Å². The molecule has 0 saturated heterocycles. The Kier molecular flexibility index (Phi) is 4.82. The second-order valence-corrected chi connectivity index (χ2v) is 8.38. The van der Waals surface area contributed by atoms with Crippen molar-refractivity contribution in [1.29, 1.82) is 0 Å². The molecule has 3 aromatic heterocycles. The molecule has 0 fully saturated rings. The zero-order valence-electron chi connectivity index (χ0n) is 15.2. The minimum Gasteiger partial charge on any atom is -0.302 e. The lowest BCUT2D eigenvalue weighted by Crippen LogP contribution is -2.30. The Bertz CT molecular complexity index is 1210. The summed E-state index contributed by atoms with van der Waals surface area (Å²) in [6.45, 7) is 2.13.